The van der Waals surface area contributed by atoms with Gasteiger partial charge >= 0.3 is 0 Å². The summed E-state index contributed by atoms with van der Waals surface area (Å²) >= 11 is 0. The van der Waals surface area contributed by atoms with Gasteiger partial charge in [0.05, 0.1) is 7.11 Å². The third kappa shape index (κ3) is 6.39. The predicted octanol–water partition coefficient (Wildman–Crippen LogP) is 2.15. The Hall–Kier alpha value is -2.86. The molecule has 2 rings (SSSR count). The van der Waals surface area contributed by atoms with E-state index >= 15 is 0 Å². The van der Waals surface area contributed by atoms with Gasteiger partial charge in [-0.25, -0.2) is 0 Å². The van der Waals surface area contributed by atoms with Crippen molar-refractivity contribution in [1.29, 1.82) is 0 Å². The van der Waals surface area contributed by atoms with Gasteiger partial charge in [-0.15, -0.1) is 0 Å². The Balaban J connectivity index is 2.23. The number of carbonyl (C=O) groups is 2. The van der Waals surface area contributed by atoms with Crippen molar-refractivity contribution in [1.82, 2.24) is 10.2 Å². The largest absolute Gasteiger partial charge is 0.497 e. The lowest BCUT2D eigenvalue weighted by Crippen LogP contribution is -2.50. The molecule has 150 valence electrons. The Labute approximate surface area is 166 Å². The van der Waals surface area contributed by atoms with Crippen molar-refractivity contribution in [2.45, 2.75) is 32.4 Å². The number of carbonyl (C=O) groups excluding carboxylic acids is 2. The van der Waals surface area contributed by atoms with Gasteiger partial charge in [0.1, 0.15) is 11.8 Å². The molecule has 28 heavy (non-hydrogen) atoms. The fraction of sp³-hybridized carbons (Fsp3) is 0.364. The van der Waals surface area contributed by atoms with Crippen molar-refractivity contribution in [2.75, 3.05) is 20.3 Å². The average Bonchev–Trinajstić information content (AvgIpc) is 2.71. The molecule has 2 aromatic carbocycles. The Bertz CT molecular complexity index is 747. The second-order valence-electron chi connectivity index (χ2n) is 6.57. The number of amides is 2. The highest BCUT2D eigenvalue weighted by molar-refractivity contribution is 5.87. The zero-order chi connectivity index (χ0) is 20.4. The maximum atomic E-state index is 12.9. The van der Waals surface area contributed by atoms with Crippen LogP contribution in [0.4, 0.5) is 0 Å². The van der Waals surface area contributed by atoms with Crippen LogP contribution in [0, 0.1) is 0 Å². The van der Waals surface area contributed by atoms with Crippen molar-refractivity contribution in [3.8, 4) is 5.75 Å². The first-order valence-corrected chi connectivity index (χ1v) is 9.37. The van der Waals surface area contributed by atoms with Crippen LogP contribution in [0.5, 0.6) is 5.75 Å². The van der Waals surface area contributed by atoms with Gasteiger partial charge in [-0.1, -0.05) is 42.5 Å². The minimum atomic E-state index is -0.638. The van der Waals surface area contributed by atoms with Gasteiger partial charge in [0.2, 0.25) is 11.8 Å². The molecule has 0 unspecified atom stereocenters. The maximum absolute atomic E-state index is 12.9. The van der Waals surface area contributed by atoms with Crippen molar-refractivity contribution in [2.24, 2.45) is 0 Å². The molecule has 0 radical (unpaired) electrons. The van der Waals surface area contributed by atoms with E-state index in [0.29, 0.717) is 25.9 Å². The number of methoxy groups -OCH3 is 1. The van der Waals surface area contributed by atoms with Crippen LogP contribution in [0.3, 0.4) is 0 Å². The number of hydrogen-bond acceptors (Lipinski definition) is 4. The van der Waals surface area contributed by atoms with Crippen LogP contribution >= 0.6 is 0 Å². The van der Waals surface area contributed by atoms with Crippen molar-refractivity contribution in [3.63, 3.8) is 0 Å². The lowest BCUT2D eigenvalue weighted by molar-refractivity contribution is -0.139. The summed E-state index contributed by atoms with van der Waals surface area (Å²) in [7, 11) is 1.60. The molecule has 6 heteroatoms. The lowest BCUT2D eigenvalue weighted by Gasteiger charge is -2.30. The van der Waals surface area contributed by atoms with E-state index in [2.05, 4.69) is 5.32 Å². The van der Waals surface area contributed by atoms with E-state index in [1.165, 1.54) is 6.92 Å². The molecule has 0 aromatic heterocycles. The topological polar surface area (TPSA) is 78.9 Å². The molecule has 0 aliphatic rings. The quantitative estimate of drug-likeness (QED) is 0.615. The molecular formula is C22H28N2O4. The van der Waals surface area contributed by atoms with Gasteiger partial charge in [0, 0.05) is 33.0 Å². The first kappa shape index (κ1) is 21.4. The number of aliphatic hydroxyl groups is 1. The first-order valence-electron chi connectivity index (χ1n) is 9.37. The van der Waals surface area contributed by atoms with Crippen LogP contribution in [0.1, 0.15) is 24.5 Å². The number of rotatable bonds is 10. The molecule has 6 nitrogen and oxygen atoms in total. The van der Waals surface area contributed by atoms with E-state index in [4.69, 9.17) is 9.84 Å². The van der Waals surface area contributed by atoms with Gasteiger partial charge in [0.15, 0.2) is 0 Å². The van der Waals surface area contributed by atoms with Gasteiger partial charge in [-0.2, -0.15) is 0 Å². The summed E-state index contributed by atoms with van der Waals surface area (Å²) in [5, 5.41) is 11.8. The van der Waals surface area contributed by atoms with Crippen LogP contribution in [-0.4, -0.2) is 48.1 Å². The van der Waals surface area contributed by atoms with E-state index in [-0.39, 0.29) is 18.4 Å². The van der Waals surface area contributed by atoms with Crippen molar-refractivity contribution >= 4 is 11.8 Å². The first-order chi connectivity index (χ1) is 13.5. The lowest BCUT2D eigenvalue weighted by atomic mass is 10.0. The summed E-state index contributed by atoms with van der Waals surface area (Å²) in [4.78, 5) is 26.9. The number of nitrogens with zero attached hydrogens (tertiary/aromatic N) is 1. The Morgan fingerprint density at radius 2 is 1.75 bits per heavy atom. The monoisotopic (exact) mass is 384 g/mol. The summed E-state index contributed by atoms with van der Waals surface area (Å²) in [5.74, 6) is 0.343. The molecule has 0 heterocycles. The number of benzene rings is 2. The third-order valence-electron chi connectivity index (χ3n) is 4.50. The van der Waals surface area contributed by atoms with E-state index < -0.39 is 6.04 Å². The third-order valence-corrected chi connectivity index (χ3v) is 4.50. The minimum absolute atomic E-state index is 0.00586. The van der Waals surface area contributed by atoms with Crippen LogP contribution in [0.2, 0.25) is 0 Å². The van der Waals surface area contributed by atoms with Crippen LogP contribution in [-0.2, 0) is 22.6 Å². The molecule has 0 saturated carbocycles. The molecule has 0 aliphatic carbocycles. The highest BCUT2D eigenvalue weighted by Gasteiger charge is 2.28. The molecule has 0 spiro atoms. The zero-order valence-corrected chi connectivity index (χ0v) is 16.4. The SMILES string of the molecule is COc1ccc(CN(C(C)=O)[C@@H](Cc2ccccc2)C(=O)NCCCO)cc1. The summed E-state index contributed by atoms with van der Waals surface area (Å²) in [6, 6.07) is 16.4. The second-order valence-corrected chi connectivity index (χ2v) is 6.57. The molecule has 2 amide bonds. The van der Waals surface area contributed by atoms with Gasteiger partial charge < -0.3 is 20.1 Å². The highest BCUT2D eigenvalue weighted by Crippen LogP contribution is 2.17. The molecular weight excluding hydrogens is 356 g/mol. The standard InChI is InChI=1S/C22H28N2O4/c1-17(26)24(16-19-9-11-20(28-2)12-10-19)21(22(27)23-13-6-14-25)15-18-7-4-3-5-8-18/h3-5,7-12,21,25H,6,13-16H2,1-2H3,(H,23,27)/t21-/m0/s1. The van der Waals surface area contributed by atoms with Gasteiger partial charge in [-0.3, -0.25) is 9.59 Å². The Kier molecular flexibility index (Phi) is 8.49. The molecule has 2 aromatic rings. The predicted molar refractivity (Wildman–Crippen MR) is 108 cm³/mol. The molecule has 0 saturated heterocycles. The Morgan fingerprint density at radius 1 is 1.07 bits per heavy atom. The number of nitrogens with one attached hydrogen (secondary N) is 1. The van der Waals surface area contributed by atoms with E-state index in [1.54, 1.807) is 12.0 Å². The van der Waals surface area contributed by atoms with E-state index in [1.807, 2.05) is 54.6 Å². The van der Waals surface area contributed by atoms with E-state index in [9.17, 15) is 9.59 Å². The molecule has 0 bridgehead atoms. The summed E-state index contributed by atoms with van der Waals surface area (Å²) in [6.45, 7) is 2.17. The average molecular weight is 384 g/mol. The molecule has 0 fully saturated rings. The normalized spacial score (nSPS) is 11.5. The van der Waals surface area contributed by atoms with Crippen molar-refractivity contribution in [3.05, 3.63) is 65.7 Å². The van der Waals surface area contributed by atoms with Crippen LogP contribution in [0.25, 0.3) is 0 Å². The van der Waals surface area contributed by atoms with Gasteiger partial charge in [0.25, 0.3) is 0 Å². The number of ether oxygens (including phenoxy) is 1. The number of aliphatic hydroxyl groups excluding tert-OH is 1. The summed E-state index contributed by atoms with van der Waals surface area (Å²) < 4.78 is 5.18. The molecule has 1 atom stereocenters. The minimum Gasteiger partial charge on any atom is -0.497 e. The summed E-state index contributed by atoms with van der Waals surface area (Å²) in [5.41, 5.74) is 1.89. The second kappa shape index (κ2) is 11.1. The fourth-order valence-corrected chi connectivity index (χ4v) is 2.96. The van der Waals surface area contributed by atoms with E-state index in [0.717, 1.165) is 16.9 Å². The Morgan fingerprint density at radius 3 is 2.32 bits per heavy atom. The van der Waals surface area contributed by atoms with Crippen LogP contribution < -0.4 is 10.1 Å². The summed E-state index contributed by atoms with van der Waals surface area (Å²) in [6.07, 6.45) is 0.893. The fourth-order valence-electron chi connectivity index (χ4n) is 2.96. The zero-order valence-electron chi connectivity index (χ0n) is 16.4. The molecule has 0 aliphatic heterocycles. The highest BCUT2D eigenvalue weighted by atomic mass is 16.5. The maximum Gasteiger partial charge on any atom is 0.243 e. The van der Waals surface area contributed by atoms with Crippen LogP contribution in [0.15, 0.2) is 54.6 Å². The smallest absolute Gasteiger partial charge is 0.243 e. The molecule has 2 N–H and O–H groups in total. The number of hydrogen-bond donors (Lipinski definition) is 2. The van der Waals surface area contributed by atoms with Crippen molar-refractivity contribution < 1.29 is 19.4 Å². The van der Waals surface area contributed by atoms with Gasteiger partial charge in [-0.05, 0) is 29.7 Å².